The van der Waals surface area contributed by atoms with Gasteiger partial charge in [0.2, 0.25) is 5.91 Å². The number of nitrogens with two attached hydrogens (primary N) is 1. The normalized spacial score (nSPS) is 11.4. The third-order valence-electron chi connectivity index (χ3n) is 3.91. The average Bonchev–Trinajstić information content (AvgIpc) is 2.59. The SMILES string of the molecule is CCOc1ccc(/C(=C\CCCC(N)=O)c2ccc(Cl)c(=O)[nH]2)cc1C. The standard InChI is InChI=1S/C20H23ClN2O3/c1-3-26-18-11-8-14(12-13(18)2)15(6-4-5-7-19(22)24)17-10-9-16(21)20(25)23-17/h6,8-12H,3-5,7H2,1-2H3,(H2,22,24)(H,23,25)/b15-6+. The first-order chi connectivity index (χ1) is 12.4. The number of aromatic nitrogens is 1. The Hall–Kier alpha value is -2.53. The molecule has 1 aromatic heterocycles. The van der Waals surface area contributed by atoms with Crippen molar-refractivity contribution in [3.05, 3.63) is 68.6 Å². The number of H-pyrrole nitrogens is 1. The number of primary amides is 1. The van der Waals surface area contributed by atoms with Crippen LogP contribution < -0.4 is 16.0 Å². The Morgan fingerprint density at radius 2 is 2.08 bits per heavy atom. The number of halogens is 1. The highest BCUT2D eigenvalue weighted by molar-refractivity contribution is 6.30. The molecule has 2 aromatic rings. The predicted molar refractivity (Wildman–Crippen MR) is 105 cm³/mol. The van der Waals surface area contributed by atoms with Crippen LogP contribution in [-0.4, -0.2) is 17.5 Å². The molecule has 0 fully saturated rings. The Morgan fingerprint density at radius 1 is 1.31 bits per heavy atom. The first-order valence-electron chi connectivity index (χ1n) is 8.54. The van der Waals surface area contributed by atoms with Gasteiger partial charge in [0, 0.05) is 17.7 Å². The van der Waals surface area contributed by atoms with Crippen LogP contribution in [0.3, 0.4) is 0 Å². The Morgan fingerprint density at radius 3 is 2.69 bits per heavy atom. The molecule has 0 radical (unpaired) electrons. The number of ether oxygens (including phenoxy) is 1. The van der Waals surface area contributed by atoms with Gasteiger partial charge >= 0.3 is 0 Å². The second-order valence-corrected chi connectivity index (χ2v) is 6.35. The van der Waals surface area contributed by atoms with Gasteiger partial charge in [-0.15, -0.1) is 0 Å². The summed E-state index contributed by atoms with van der Waals surface area (Å²) < 4.78 is 5.59. The Kier molecular flexibility index (Phi) is 7.04. The maximum Gasteiger partial charge on any atom is 0.267 e. The molecule has 0 bridgehead atoms. The average molecular weight is 375 g/mol. The van der Waals surface area contributed by atoms with Gasteiger partial charge in [-0.3, -0.25) is 9.59 Å². The van der Waals surface area contributed by atoms with E-state index in [4.69, 9.17) is 22.1 Å². The van der Waals surface area contributed by atoms with Crippen molar-refractivity contribution in [3.8, 4) is 5.75 Å². The quantitative estimate of drug-likeness (QED) is 0.688. The van der Waals surface area contributed by atoms with Crippen LogP contribution in [0.4, 0.5) is 0 Å². The zero-order valence-corrected chi connectivity index (χ0v) is 15.7. The van der Waals surface area contributed by atoms with Crippen LogP contribution in [0.1, 0.15) is 43.0 Å². The fourth-order valence-electron chi connectivity index (χ4n) is 2.65. The largest absolute Gasteiger partial charge is 0.494 e. The number of amides is 1. The summed E-state index contributed by atoms with van der Waals surface area (Å²) in [5.74, 6) is 0.505. The van der Waals surface area contributed by atoms with Crippen LogP contribution in [0.25, 0.3) is 5.57 Å². The van der Waals surface area contributed by atoms with Crippen molar-refractivity contribution in [2.45, 2.75) is 33.1 Å². The lowest BCUT2D eigenvalue weighted by atomic mass is 9.98. The number of rotatable bonds is 8. The number of unbranched alkanes of at least 4 members (excludes halogenated alkanes) is 1. The zero-order valence-electron chi connectivity index (χ0n) is 15.0. The minimum atomic E-state index is -0.338. The summed E-state index contributed by atoms with van der Waals surface area (Å²) in [5, 5.41) is 0.143. The molecule has 5 nitrogen and oxygen atoms in total. The first-order valence-corrected chi connectivity index (χ1v) is 8.91. The molecule has 6 heteroatoms. The highest BCUT2D eigenvalue weighted by Crippen LogP contribution is 2.28. The lowest BCUT2D eigenvalue weighted by Gasteiger charge is -2.13. The maximum atomic E-state index is 11.9. The molecule has 2 rings (SSSR count). The van der Waals surface area contributed by atoms with Gasteiger partial charge in [0.1, 0.15) is 10.8 Å². The third kappa shape index (κ3) is 5.23. The fourth-order valence-corrected chi connectivity index (χ4v) is 2.76. The molecule has 3 N–H and O–H groups in total. The van der Waals surface area contributed by atoms with E-state index in [1.54, 1.807) is 12.1 Å². The third-order valence-corrected chi connectivity index (χ3v) is 4.21. The molecule has 138 valence electrons. The molecule has 0 saturated carbocycles. The number of nitrogens with one attached hydrogen (secondary N) is 1. The lowest BCUT2D eigenvalue weighted by molar-refractivity contribution is -0.118. The van der Waals surface area contributed by atoms with E-state index in [0.717, 1.165) is 22.4 Å². The number of benzene rings is 1. The van der Waals surface area contributed by atoms with E-state index >= 15 is 0 Å². The van der Waals surface area contributed by atoms with Crippen LogP contribution in [0.15, 0.2) is 41.2 Å². The molecule has 0 aliphatic rings. The number of carbonyl (C=O) groups excluding carboxylic acids is 1. The second-order valence-electron chi connectivity index (χ2n) is 5.94. The van der Waals surface area contributed by atoms with E-state index in [2.05, 4.69) is 4.98 Å². The lowest BCUT2D eigenvalue weighted by Crippen LogP contribution is -2.10. The number of pyridine rings is 1. The number of aryl methyl sites for hydroxylation is 1. The Labute approximate surface area is 157 Å². The Balaban J connectivity index is 2.41. The second kappa shape index (κ2) is 9.25. The van der Waals surface area contributed by atoms with Gasteiger partial charge in [0.05, 0.1) is 6.61 Å². The van der Waals surface area contributed by atoms with Gasteiger partial charge in [-0.2, -0.15) is 0 Å². The van der Waals surface area contributed by atoms with Crippen molar-refractivity contribution in [3.63, 3.8) is 0 Å². The van der Waals surface area contributed by atoms with E-state index in [1.165, 1.54) is 0 Å². The summed E-state index contributed by atoms with van der Waals surface area (Å²) in [6.07, 6.45) is 3.63. The van der Waals surface area contributed by atoms with Gasteiger partial charge in [0.25, 0.3) is 5.56 Å². The predicted octanol–water partition coefficient (Wildman–Crippen LogP) is 3.82. The molecule has 26 heavy (non-hydrogen) atoms. The highest BCUT2D eigenvalue weighted by atomic mass is 35.5. The summed E-state index contributed by atoms with van der Waals surface area (Å²) in [7, 11) is 0. The van der Waals surface area contributed by atoms with E-state index in [9.17, 15) is 9.59 Å². The molecule has 0 atom stereocenters. The van der Waals surface area contributed by atoms with Gasteiger partial charge < -0.3 is 15.5 Å². The van der Waals surface area contributed by atoms with Gasteiger partial charge in [-0.25, -0.2) is 0 Å². The molecular weight excluding hydrogens is 352 g/mol. The molecule has 1 amide bonds. The van der Waals surface area contributed by atoms with Gasteiger partial charge in [-0.1, -0.05) is 23.7 Å². The summed E-state index contributed by atoms with van der Waals surface area (Å²) in [6, 6.07) is 9.23. The van der Waals surface area contributed by atoms with Crippen molar-refractivity contribution in [1.82, 2.24) is 4.98 Å². The summed E-state index contributed by atoms with van der Waals surface area (Å²) in [4.78, 5) is 25.6. The minimum absolute atomic E-state index is 0.143. The van der Waals surface area contributed by atoms with E-state index in [1.807, 2.05) is 38.1 Å². The molecule has 0 saturated heterocycles. The fraction of sp³-hybridized carbons (Fsp3) is 0.300. The van der Waals surface area contributed by atoms with E-state index < -0.39 is 0 Å². The van der Waals surface area contributed by atoms with Crippen LogP contribution in [0.5, 0.6) is 5.75 Å². The summed E-state index contributed by atoms with van der Waals surface area (Å²) in [5.41, 5.74) is 8.35. The number of hydrogen-bond acceptors (Lipinski definition) is 3. The number of aromatic amines is 1. The van der Waals surface area contributed by atoms with E-state index in [0.29, 0.717) is 31.6 Å². The molecule has 0 aliphatic carbocycles. The smallest absolute Gasteiger partial charge is 0.267 e. The van der Waals surface area contributed by atoms with Crippen LogP contribution in [0.2, 0.25) is 5.02 Å². The summed E-state index contributed by atoms with van der Waals surface area (Å²) in [6.45, 7) is 4.51. The minimum Gasteiger partial charge on any atom is -0.494 e. The van der Waals surface area contributed by atoms with Crippen LogP contribution >= 0.6 is 11.6 Å². The van der Waals surface area contributed by atoms with E-state index in [-0.39, 0.29) is 16.5 Å². The molecular formula is C20H23ClN2O3. The van der Waals surface area contributed by atoms with Crippen LogP contribution in [0, 0.1) is 6.92 Å². The zero-order chi connectivity index (χ0) is 19.1. The molecule has 0 spiro atoms. The maximum absolute atomic E-state index is 11.9. The van der Waals surface area contributed by atoms with Crippen molar-refractivity contribution in [1.29, 1.82) is 0 Å². The number of carbonyl (C=O) groups is 1. The van der Waals surface area contributed by atoms with Crippen molar-refractivity contribution >= 4 is 23.1 Å². The Bertz CT molecular complexity index is 872. The van der Waals surface area contributed by atoms with Gasteiger partial charge in [0.15, 0.2) is 0 Å². The van der Waals surface area contributed by atoms with Crippen molar-refractivity contribution in [2.24, 2.45) is 5.73 Å². The molecule has 1 heterocycles. The van der Waals surface area contributed by atoms with Crippen LogP contribution in [-0.2, 0) is 4.79 Å². The van der Waals surface area contributed by atoms with Gasteiger partial charge in [-0.05, 0) is 62.1 Å². The molecule has 1 aromatic carbocycles. The summed E-state index contributed by atoms with van der Waals surface area (Å²) >= 11 is 5.84. The topological polar surface area (TPSA) is 85.2 Å². The number of allylic oxidation sites excluding steroid dienone is 1. The highest BCUT2D eigenvalue weighted by Gasteiger charge is 2.10. The molecule has 0 aliphatic heterocycles. The first kappa shape index (κ1) is 19.8. The van der Waals surface area contributed by atoms with Crippen molar-refractivity contribution in [2.75, 3.05) is 6.61 Å². The van der Waals surface area contributed by atoms with Crippen molar-refractivity contribution < 1.29 is 9.53 Å². The number of hydrogen-bond donors (Lipinski definition) is 2. The molecule has 0 unspecified atom stereocenters. The monoisotopic (exact) mass is 374 g/mol.